The predicted molar refractivity (Wildman–Crippen MR) is 126 cm³/mol. The lowest BCUT2D eigenvalue weighted by Crippen LogP contribution is -2.41. The van der Waals surface area contributed by atoms with E-state index in [0.717, 1.165) is 31.5 Å². The summed E-state index contributed by atoms with van der Waals surface area (Å²) in [6.45, 7) is 4.38. The van der Waals surface area contributed by atoms with Gasteiger partial charge >= 0.3 is 0 Å². The molecule has 3 N–H and O–H groups in total. The van der Waals surface area contributed by atoms with Gasteiger partial charge in [0.25, 0.3) is 0 Å². The van der Waals surface area contributed by atoms with Gasteiger partial charge in [0.05, 0.1) is 4.90 Å². The monoisotopic (exact) mass is 451 g/mol. The Morgan fingerprint density at radius 1 is 1.03 bits per heavy atom. The summed E-state index contributed by atoms with van der Waals surface area (Å²) in [7, 11) is -3.70. The Labute approximate surface area is 189 Å². The van der Waals surface area contributed by atoms with E-state index in [0.29, 0.717) is 12.6 Å². The van der Waals surface area contributed by atoms with Crippen LogP contribution in [0.1, 0.15) is 36.9 Å². The van der Waals surface area contributed by atoms with Gasteiger partial charge in [-0.05, 0) is 66.9 Å². The lowest BCUT2D eigenvalue weighted by Gasteiger charge is -2.36. The number of likely N-dealkylation sites (tertiary alicyclic amines) is 1. The van der Waals surface area contributed by atoms with Gasteiger partial charge < -0.3 is 5.32 Å². The first-order valence-electron chi connectivity index (χ1n) is 10.9. The summed E-state index contributed by atoms with van der Waals surface area (Å²) in [5.41, 5.74) is 2.17. The molecule has 3 aromatic carbocycles. The maximum absolute atomic E-state index is 12.7. The van der Waals surface area contributed by atoms with E-state index in [1.807, 2.05) is 0 Å². The molecule has 0 radical (unpaired) electrons. The molecule has 0 saturated carbocycles. The fourth-order valence-corrected chi connectivity index (χ4v) is 5.01. The highest BCUT2D eigenvalue weighted by molar-refractivity contribution is 7.89. The molecule has 1 heterocycles. The van der Waals surface area contributed by atoms with Gasteiger partial charge in [-0.25, -0.2) is 13.6 Å². The SMILES string of the molecule is C[C@H](c1cccc2ccccc12)N1CCC(C(=O)NCc2ccc(S(N)(=O)=O)cc2)CC1. The van der Waals surface area contributed by atoms with Crippen molar-refractivity contribution in [3.63, 3.8) is 0 Å². The molecule has 1 aliphatic rings. The van der Waals surface area contributed by atoms with Crippen LogP contribution in [0.5, 0.6) is 0 Å². The predicted octanol–water partition coefficient (Wildman–Crippen LogP) is 3.58. The van der Waals surface area contributed by atoms with Gasteiger partial charge in [0.1, 0.15) is 0 Å². The summed E-state index contributed by atoms with van der Waals surface area (Å²) in [6.07, 6.45) is 1.65. The molecular weight excluding hydrogens is 422 g/mol. The van der Waals surface area contributed by atoms with Crippen LogP contribution in [0.3, 0.4) is 0 Å². The quantitative estimate of drug-likeness (QED) is 0.599. The Morgan fingerprint density at radius 3 is 2.38 bits per heavy atom. The van der Waals surface area contributed by atoms with E-state index in [-0.39, 0.29) is 16.7 Å². The van der Waals surface area contributed by atoms with Crippen LogP contribution in [0.15, 0.2) is 71.6 Å². The molecule has 0 aromatic heterocycles. The largest absolute Gasteiger partial charge is 0.352 e. The third-order valence-corrected chi connectivity index (χ3v) is 7.37. The van der Waals surface area contributed by atoms with Gasteiger partial charge in [-0.1, -0.05) is 54.6 Å². The molecule has 4 rings (SSSR count). The molecular formula is C25H29N3O3S. The molecule has 0 unspecified atom stereocenters. The number of benzene rings is 3. The summed E-state index contributed by atoms with van der Waals surface area (Å²) in [5.74, 6) is 0.0487. The molecule has 0 aliphatic carbocycles. The minimum atomic E-state index is -3.70. The highest BCUT2D eigenvalue weighted by Gasteiger charge is 2.28. The Bertz CT molecular complexity index is 1200. The van der Waals surface area contributed by atoms with Crippen LogP contribution in [0.2, 0.25) is 0 Å². The third kappa shape index (κ3) is 5.01. The Morgan fingerprint density at radius 2 is 1.69 bits per heavy atom. The van der Waals surface area contributed by atoms with Gasteiger partial charge in [-0.15, -0.1) is 0 Å². The zero-order valence-electron chi connectivity index (χ0n) is 18.2. The number of carbonyl (C=O) groups excluding carboxylic acids is 1. The van der Waals surface area contributed by atoms with Crippen molar-refractivity contribution >= 4 is 26.7 Å². The number of sulfonamides is 1. The van der Waals surface area contributed by atoms with Crippen LogP contribution in [-0.4, -0.2) is 32.3 Å². The number of fused-ring (bicyclic) bond motifs is 1. The number of nitrogens with zero attached hydrogens (tertiary/aromatic N) is 1. The average Bonchev–Trinajstić information content (AvgIpc) is 2.81. The van der Waals surface area contributed by atoms with E-state index in [9.17, 15) is 13.2 Å². The number of nitrogens with two attached hydrogens (primary N) is 1. The molecule has 0 bridgehead atoms. The van der Waals surface area contributed by atoms with Gasteiger partial charge in [-0.2, -0.15) is 0 Å². The number of primary sulfonamides is 1. The van der Waals surface area contributed by atoms with Crippen LogP contribution in [0, 0.1) is 5.92 Å². The van der Waals surface area contributed by atoms with Crippen molar-refractivity contribution in [2.45, 2.75) is 37.2 Å². The van der Waals surface area contributed by atoms with Crippen molar-refractivity contribution in [3.8, 4) is 0 Å². The maximum Gasteiger partial charge on any atom is 0.238 e. The average molecular weight is 452 g/mol. The smallest absolute Gasteiger partial charge is 0.238 e. The summed E-state index contributed by atoms with van der Waals surface area (Å²) >= 11 is 0. The van der Waals surface area contributed by atoms with Crippen LogP contribution in [0.25, 0.3) is 10.8 Å². The number of hydrogen-bond donors (Lipinski definition) is 2. The molecule has 7 heteroatoms. The van der Waals surface area contributed by atoms with Gasteiger partial charge in [0.15, 0.2) is 0 Å². The normalized spacial score (nSPS) is 16.7. The molecule has 6 nitrogen and oxygen atoms in total. The minimum Gasteiger partial charge on any atom is -0.352 e. The fourth-order valence-electron chi connectivity index (χ4n) is 4.49. The van der Waals surface area contributed by atoms with Crippen LogP contribution in [-0.2, 0) is 21.4 Å². The lowest BCUT2D eigenvalue weighted by molar-refractivity contribution is -0.126. The molecule has 1 saturated heterocycles. The molecule has 1 amide bonds. The number of nitrogens with one attached hydrogen (secondary N) is 1. The highest BCUT2D eigenvalue weighted by Crippen LogP contribution is 2.31. The van der Waals surface area contributed by atoms with Crippen molar-refractivity contribution in [1.82, 2.24) is 10.2 Å². The van der Waals surface area contributed by atoms with Crippen LogP contribution in [0.4, 0.5) is 0 Å². The van der Waals surface area contributed by atoms with E-state index in [1.165, 1.54) is 28.5 Å². The topological polar surface area (TPSA) is 92.5 Å². The fraction of sp³-hybridized carbons (Fsp3) is 0.320. The van der Waals surface area contributed by atoms with E-state index in [1.54, 1.807) is 12.1 Å². The van der Waals surface area contributed by atoms with E-state index < -0.39 is 10.0 Å². The molecule has 1 aliphatic heterocycles. The molecule has 1 fully saturated rings. The zero-order chi connectivity index (χ0) is 22.7. The first-order chi connectivity index (χ1) is 15.3. The Balaban J connectivity index is 1.31. The number of amides is 1. The molecule has 168 valence electrons. The second-order valence-corrected chi connectivity index (χ2v) is 10.0. The van der Waals surface area contributed by atoms with Crippen molar-refractivity contribution in [1.29, 1.82) is 0 Å². The molecule has 1 atom stereocenters. The summed E-state index contributed by atoms with van der Waals surface area (Å²) in [5, 5.41) is 10.7. The molecule has 0 spiro atoms. The van der Waals surface area contributed by atoms with Crippen LogP contribution < -0.4 is 10.5 Å². The second-order valence-electron chi connectivity index (χ2n) is 8.46. The summed E-state index contributed by atoms with van der Waals surface area (Å²) in [6, 6.07) is 21.5. The number of carbonyl (C=O) groups is 1. The van der Waals surface area contributed by atoms with Crippen molar-refractivity contribution < 1.29 is 13.2 Å². The summed E-state index contributed by atoms with van der Waals surface area (Å²) < 4.78 is 22.7. The zero-order valence-corrected chi connectivity index (χ0v) is 19.0. The minimum absolute atomic E-state index is 0.00494. The standard InChI is InChI=1S/C25H29N3O3S/c1-18(23-8-4-6-20-5-2-3-7-24(20)23)28-15-13-21(14-16-28)25(29)27-17-19-9-11-22(12-10-19)32(26,30)31/h2-12,18,21H,13-17H2,1H3,(H,27,29)(H2,26,30,31)/t18-/m1/s1. The lowest BCUT2D eigenvalue weighted by atomic mass is 9.92. The Hall–Kier alpha value is -2.74. The van der Waals surface area contributed by atoms with Gasteiger partial charge in [-0.3, -0.25) is 9.69 Å². The van der Waals surface area contributed by atoms with E-state index in [4.69, 9.17) is 5.14 Å². The van der Waals surface area contributed by atoms with Crippen molar-refractivity contribution in [2.24, 2.45) is 11.1 Å². The number of hydrogen-bond acceptors (Lipinski definition) is 4. The van der Waals surface area contributed by atoms with Gasteiger partial charge in [0.2, 0.25) is 15.9 Å². The van der Waals surface area contributed by atoms with Gasteiger partial charge in [0, 0.05) is 18.5 Å². The third-order valence-electron chi connectivity index (χ3n) is 6.44. The Kier molecular flexibility index (Phi) is 6.60. The van der Waals surface area contributed by atoms with Crippen molar-refractivity contribution in [2.75, 3.05) is 13.1 Å². The van der Waals surface area contributed by atoms with Crippen LogP contribution >= 0.6 is 0 Å². The highest BCUT2D eigenvalue weighted by atomic mass is 32.2. The first-order valence-corrected chi connectivity index (χ1v) is 12.5. The first kappa shape index (κ1) is 22.5. The van der Waals surface area contributed by atoms with Crippen molar-refractivity contribution in [3.05, 3.63) is 77.9 Å². The number of piperidine rings is 1. The molecule has 32 heavy (non-hydrogen) atoms. The second kappa shape index (κ2) is 9.40. The summed E-state index contributed by atoms with van der Waals surface area (Å²) in [4.78, 5) is 15.2. The molecule has 3 aromatic rings. The van der Waals surface area contributed by atoms with E-state index >= 15 is 0 Å². The maximum atomic E-state index is 12.7. The van der Waals surface area contributed by atoms with E-state index in [2.05, 4.69) is 59.6 Å². The number of rotatable bonds is 6.